The zero-order valence-corrected chi connectivity index (χ0v) is 43.8. The number of carbonyl (C=O) groups is 3. The van der Waals surface area contributed by atoms with E-state index < -0.39 is 6.10 Å². The van der Waals surface area contributed by atoms with Crippen molar-refractivity contribution in [2.24, 2.45) is 0 Å². The molecule has 0 N–H and O–H groups in total. The minimum absolute atomic E-state index is 0.0699. The van der Waals surface area contributed by atoms with Crippen molar-refractivity contribution in [1.29, 1.82) is 0 Å². The van der Waals surface area contributed by atoms with Crippen molar-refractivity contribution in [2.75, 3.05) is 13.2 Å². The van der Waals surface area contributed by atoms with Crippen molar-refractivity contribution in [3.8, 4) is 0 Å². The molecule has 1 unspecified atom stereocenters. The molecule has 0 rings (SSSR count). The second kappa shape index (κ2) is 54.5. The van der Waals surface area contributed by atoms with Crippen LogP contribution in [0, 0.1) is 0 Å². The predicted molar refractivity (Wildman–Crippen MR) is 279 cm³/mol. The fourth-order valence-corrected chi connectivity index (χ4v) is 8.55. The van der Waals surface area contributed by atoms with Crippen LogP contribution < -0.4 is 0 Å². The molecule has 1 atom stereocenters. The number of rotatable bonds is 53. The van der Waals surface area contributed by atoms with Gasteiger partial charge in [0.15, 0.2) is 6.10 Å². The summed E-state index contributed by atoms with van der Waals surface area (Å²) in [7, 11) is 0. The van der Waals surface area contributed by atoms with Gasteiger partial charge >= 0.3 is 17.9 Å². The van der Waals surface area contributed by atoms with Gasteiger partial charge in [0, 0.05) is 19.3 Å². The topological polar surface area (TPSA) is 78.9 Å². The van der Waals surface area contributed by atoms with Crippen molar-refractivity contribution >= 4 is 17.9 Å². The van der Waals surface area contributed by atoms with Crippen LogP contribution in [0.4, 0.5) is 0 Å². The molecule has 382 valence electrons. The van der Waals surface area contributed by atoms with Crippen LogP contribution in [0.5, 0.6) is 0 Å². The molecule has 0 heterocycles. The monoisotopic (exact) mass is 915 g/mol. The maximum Gasteiger partial charge on any atom is 0.306 e. The third-order valence-corrected chi connectivity index (χ3v) is 12.9. The Kier molecular flexibility index (Phi) is 52.7. The Morgan fingerprint density at radius 2 is 0.508 bits per heavy atom. The number of hydrogen-bond donors (Lipinski definition) is 0. The van der Waals surface area contributed by atoms with Crippen molar-refractivity contribution < 1.29 is 28.6 Å². The Bertz CT molecular complexity index is 1050. The second-order valence-electron chi connectivity index (χ2n) is 19.6. The molecule has 0 aliphatic heterocycles. The van der Waals surface area contributed by atoms with Gasteiger partial charge in [0.25, 0.3) is 0 Å². The molecule has 65 heavy (non-hydrogen) atoms. The van der Waals surface area contributed by atoms with Crippen LogP contribution >= 0.6 is 0 Å². The molecule has 0 amide bonds. The van der Waals surface area contributed by atoms with Gasteiger partial charge in [-0.1, -0.05) is 251 Å². The van der Waals surface area contributed by atoms with Crippen LogP contribution in [-0.2, 0) is 28.6 Å². The van der Waals surface area contributed by atoms with E-state index in [0.29, 0.717) is 19.3 Å². The van der Waals surface area contributed by atoms with E-state index in [1.54, 1.807) is 0 Å². The lowest BCUT2D eigenvalue weighted by Gasteiger charge is -2.18. The molecule has 6 nitrogen and oxygen atoms in total. The summed E-state index contributed by atoms with van der Waals surface area (Å²) in [6.07, 6.45) is 63.4. The van der Waals surface area contributed by atoms with Crippen LogP contribution in [0.25, 0.3) is 0 Å². The summed E-state index contributed by atoms with van der Waals surface area (Å²) in [6.45, 7) is 6.63. The fraction of sp³-hybridized carbons (Fsp3) is 0.881. The number of unbranched alkanes of at least 4 members (excludes halogenated alkanes) is 38. The summed E-state index contributed by atoms with van der Waals surface area (Å²) < 4.78 is 16.8. The van der Waals surface area contributed by atoms with Gasteiger partial charge in [0.05, 0.1) is 0 Å². The third-order valence-electron chi connectivity index (χ3n) is 12.9. The molecule has 0 saturated carbocycles. The van der Waals surface area contributed by atoms with Gasteiger partial charge in [-0.3, -0.25) is 14.4 Å². The van der Waals surface area contributed by atoms with E-state index in [4.69, 9.17) is 14.2 Å². The molecular weight excluding hydrogens is 805 g/mol. The van der Waals surface area contributed by atoms with Crippen LogP contribution in [-0.4, -0.2) is 37.2 Å². The van der Waals surface area contributed by atoms with Gasteiger partial charge in [-0.15, -0.1) is 0 Å². The molecule has 0 aromatic rings. The highest BCUT2D eigenvalue weighted by Crippen LogP contribution is 2.16. The van der Waals surface area contributed by atoms with Crippen LogP contribution in [0.1, 0.15) is 316 Å². The maximum atomic E-state index is 12.8. The molecule has 0 aromatic heterocycles. The third kappa shape index (κ3) is 52.7. The summed E-state index contributed by atoms with van der Waals surface area (Å²) in [6, 6.07) is 0. The SMILES string of the molecule is CCCCCCCC/C=C\CCCCCCCCCC(=O)OC(COC(=O)CCCCCCCCC)COC(=O)CCCCCCCCCCCCC/C=C\CCCCCCCCCC. The van der Waals surface area contributed by atoms with Crippen molar-refractivity contribution in [3.05, 3.63) is 24.3 Å². The highest BCUT2D eigenvalue weighted by atomic mass is 16.6. The molecule has 6 heteroatoms. The normalized spacial score (nSPS) is 12.1. The van der Waals surface area contributed by atoms with Crippen molar-refractivity contribution in [1.82, 2.24) is 0 Å². The highest BCUT2D eigenvalue weighted by Gasteiger charge is 2.19. The highest BCUT2D eigenvalue weighted by molar-refractivity contribution is 5.71. The number of hydrogen-bond acceptors (Lipinski definition) is 6. The van der Waals surface area contributed by atoms with E-state index in [1.807, 2.05) is 0 Å². The summed E-state index contributed by atoms with van der Waals surface area (Å²) >= 11 is 0. The summed E-state index contributed by atoms with van der Waals surface area (Å²) in [5, 5.41) is 0. The first-order chi connectivity index (χ1) is 32.0. The zero-order chi connectivity index (χ0) is 47.2. The minimum Gasteiger partial charge on any atom is -0.462 e. The Labute approximate surface area is 404 Å². The number of esters is 3. The standard InChI is InChI=1S/C59H110O6/c1-4-7-10-13-16-18-20-22-24-26-27-28-29-30-31-33-34-36-38-40-43-46-49-52-58(61)64-55-56(54-63-57(60)51-48-45-42-15-12-9-6-3)65-59(62)53-50-47-44-41-39-37-35-32-25-23-21-19-17-14-11-8-5-2/h23,25-27,56H,4-22,24,28-55H2,1-3H3/b25-23-,27-26-. The molecule has 0 radical (unpaired) electrons. The van der Waals surface area contributed by atoms with E-state index in [2.05, 4.69) is 45.1 Å². The first-order valence-corrected chi connectivity index (χ1v) is 28.8. The molecule has 0 aromatic carbocycles. The quantitative estimate of drug-likeness (QED) is 0.0262. The Morgan fingerprint density at radius 1 is 0.292 bits per heavy atom. The van der Waals surface area contributed by atoms with Crippen LogP contribution in [0.2, 0.25) is 0 Å². The summed E-state index contributed by atoms with van der Waals surface area (Å²) in [5.74, 6) is -0.865. The molecular formula is C59H110O6. The molecule has 0 aliphatic rings. The number of allylic oxidation sites excluding steroid dienone is 4. The van der Waals surface area contributed by atoms with Gasteiger partial charge in [-0.05, 0) is 70.6 Å². The van der Waals surface area contributed by atoms with E-state index >= 15 is 0 Å². The lowest BCUT2D eigenvalue weighted by molar-refractivity contribution is -0.167. The predicted octanol–water partition coefficient (Wildman–Crippen LogP) is 19.1. The molecule has 0 spiro atoms. The first-order valence-electron chi connectivity index (χ1n) is 28.8. The number of carbonyl (C=O) groups excluding carboxylic acids is 3. The minimum atomic E-state index is -0.768. The van der Waals surface area contributed by atoms with E-state index in [0.717, 1.165) is 57.8 Å². The van der Waals surface area contributed by atoms with Crippen molar-refractivity contribution in [2.45, 2.75) is 322 Å². The lowest BCUT2D eigenvalue weighted by atomic mass is 10.0. The maximum absolute atomic E-state index is 12.8. The molecule has 0 saturated heterocycles. The van der Waals surface area contributed by atoms with Gasteiger partial charge in [0.1, 0.15) is 13.2 Å². The Balaban J connectivity index is 4.14. The van der Waals surface area contributed by atoms with Gasteiger partial charge in [-0.25, -0.2) is 0 Å². The van der Waals surface area contributed by atoms with Crippen LogP contribution in [0.3, 0.4) is 0 Å². The van der Waals surface area contributed by atoms with E-state index in [9.17, 15) is 14.4 Å². The molecule has 0 fully saturated rings. The fourth-order valence-electron chi connectivity index (χ4n) is 8.55. The average molecular weight is 916 g/mol. The first kappa shape index (κ1) is 62.9. The lowest BCUT2D eigenvalue weighted by Crippen LogP contribution is -2.30. The Morgan fingerprint density at radius 3 is 0.769 bits per heavy atom. The summed E-state index contributed by atoms with van der Waals surface area (Å²) in [4.78, 5) is 37.9. The molecule has 0 bridgehead atoms. The van der Waals surface area contributed by atoms with Gasteiger partial charge < -0.3 is 14.2 Å². The molecule has 0 aliphatic carbocycles. The van der Waals surface area contributed by atoms with Crippen molar-refractivity contribution in [3.63, 3.8) is 0 Å². The van der Waals surface area contributed by atoms with Gasteiger partial charge in [-0.2, -0.15) is 0 Å². The number of ether oxygens (including phenoxy) is 3. The van der Waals surface area contributed by atoms with Crippen LogP contribution in [0.15, 0.2) is 24.3 Å². The van der Waals surface area contributed by atoms with E-state index in [1.165, 1.54) is 218 Å². The zero-order valence-electron chi connectivity index (χ0n) is 43.8. The largest absolute Gasteiger partial charge is 0.462 e. The Hall–Kier alpha value is -2.11. The van der Waals surface area contributed by atoms with Gasteiger partial charge in [0.2, 0.25) is 0 Å². The summed E-state index contributed by atoms with van der Waals surface area (Å²) in [5.41, 5.74) is 0. The second-order valence-corrected chi connectivity index (χ2v) is 19.6. The smallest absolute Gasteiger partial charge is 0.306 e. The average Bonchev–Trinajstić information content (AvgIpc) is 3.30. The van der Waals surface area contributed by atoms with E-state index in [-0.39, 0.29) is 31.1 Å².